The number of allylic oxidation sites excluding steroid dienone is 3. The topological polar surface area (TPSA) is 131 Å². The molecule has 2 saturated heterocycles. The van der Waals surface area contributed by atoms with E-state index in [-0.39, 0.29) is 47.2 Å². The van der Waals surface area contributed by atoms with Crippen LogP contribution in [0.4, 0.5) is 5.69 Å². The van der Waals surface area contributed by atoms with Crippen molar-refractivity contribution in [1.29, 1.82) is 0 Å². The van der Waals surface area contributed by atoms with E-state index in [9.17, 15) is 14.4 Å². The van der Waals surface area contributed by atoms with Crippen LogP contribution in [0.3, 0.4) is 0 Å². The molecular weight excluding hydrogens is 711 g/mol. The summed E-state index contributed by atoms with van der Waals surface area (Å²) in [4.78, 5) is 54.0. The Balaban J connectivity index is 0.875. The second-order valence-corrected chi connectivity index (χ2v) is 17.0. The van der Waals surface area contributed by atoms with Gasteiger partial charge >= 0.3 is 0 Å². The Labute approximate surface area is 329 Å². The SMILES string of the molecule is COC1=CC2C(=O)N3C4C=CC(NC(=O)CCC(C)(C)C)=CC4C[C@H]3C=NC2C=C1OCCCOc1cc2c(cc1OC)C(=O)N1C3=CCCCC3C[C@H]1C=N2. The average Bonchev–Trinajstić information content (AvgIpc) is 3.67. The molecule has 12 nitrogen and oxygen atoms in total. The fraction of sp³-hybridized carbons (Fsp3) is 0.523. The van der Waals surface area contributed by atoms with Crippen LogP contribution in [-0.2, 0) is 19.1 Å². The van der Waals surface area contributed by atoms with E-state index in [4.69, 9.17) is 28.9 Å². The lowest BCUT2D eigenvalue weighted by atomic mass is 9.90. The summed E-state index contributed by atoms with van der Waals surface area (Å²) in [5.74, 6) is 1.96. The van der Waals surface area contributed by atoms with Crippen LogP contribution in [0.25, 0.3) is 0 Å². The van der Waals surface area contributed by atoms with Gasteiger partial charge in [0.15, 0.2) is 23.0 Å². The van der Waals surface area contributed by atoms with Crippen LogP contribution in [0.5, 0.6) is 11.5 Å². The Hall–Kier alpha value is -5.13. The molecule has 0 radical (unpaired) electrons. The van der Waals surface area contributed by atoms with E-state index in [1.807, 2.05) is 46.5 Å². The lowest BCUT2D eigenvalue weighted by Crippen LogP contribution is -2.46. The minimum Gasteiger partial charge on any atom is -0.493 e. The molecule has 56 heavy (non-hydrogen) atoms. The quantitative estimate of drug-likeness (QED) is 0.252. The molecule has 3 aliphatic carbocycles. The number of hydrogen-bond acceptors (Lipinski definition) is 9. The van der Waals surface area contributed by atoms with Gasteiger partial charge in [0, 0.05) is 54.6 Å². The molecule has 1 N–H and O–H groups in total. The first-order valence-electron chi connectivity index (χ1n) is 20.1. The largest absolute Gasteiger partial charge is 0.493 e. The minimum atomic E-state index is -0.524. The Bertz CT molecular complexity index is 1990. The highest BCUT2D eigenvalue weighted by Crippen LogP contribution is 2.45. The van der Waals surface area contributed by atoms with Crippen LogP contribution in [0.2, 0.25) is 0 Å². The molecule has 4 heterocycles. The second kappa shape index (κ2) is 15.4. The molecule has 7 atom stereocenters. The molecule has 4 aliphatic heterocycles. The number of ether oxygens (including phenoxy) is 4. The number of hydrogen-bond donors (Lipinski definition) is 1. The molecule has 1 aromatic carbocycles. The highest BCUT2D eigenvalue weighted by Gasteiger charge is 2.48. The first-order valence-corrected chi connectivity index (χ1v) is 20.1. The van der Waals surface area contributed by atoms with E-state index in [1.165, 1.54) is 0 Å². The lowest BCUT2D eigenvalue weighted by Gasteiger charge is -2.32. The van der Waals surface area contributed by atoms with Crippen molar-refractivity contribution in [2.24, 2.45) is 33.2 Å². The monoisotopic (exact) mass is 763 g/mol. The van der Waals surface area contributed by atoms with E-state index in [1.54, 1.807) is 26.4 Å². The van der Waals surface area contributed by atoms with Crippen molar-refractivity contribution < 1.29 is 33.3 Å². The van der Waals surface area contributed by atoms with Gasteiger partial charge in [-0.15, -0.1) is 0 Å². The molecule has 0 saturated carbocycles. The number of carbonyl (C=O) groups excluding carboxylic acids is 3. The number of benzene rings is 1. The number of carbonyl (C=O) groups is 3. The van der Waals surface area contributed by atoms with Gasteiger partial charge in [0.05, 0.1) is 68.8 Å². The van der Waals surface area contributed by atoms with Crippen LogP contribution >= 0.6 is 0 Å². The number of aliphatic imine (C=N–C) groups is 2. The van der Waals surface area contributed by atoms with E-state index in [0.717, 1.165) is 49.9 Å². The maximum absolute atomic E-state index is 14.1. The van der Waals surface area contributed by atoms with Crippen LogP contribution in [0.15, 0.2) is 81.5 Å². The molecule has 0 aromatic heterocycles. The predicted octanol–water partition coefficient (Wildman–Crippen LogP) is 6.57. The highest BCUT2D eigenvalue weighted by molar-refractivity contribution is 6.04. The standard InChI is InChI=1S/C44H53N5O7/c1-44(2,3)14-13-41(50)47-28-11-12-36-27(17-28)19-30-25-46-34-23-40(38(54-5)21-32(34)43(52)49(30)36)56-16-8-15-55-39-22-33-31(20-37(39)53-4)42(51)48-29(24-45-33)18-26-9-6-7-10-35(26)48/h10-12,17,20-27,29-30,32,34,36H,6-9,13-16,18-19H2,1-5H3,(H,47,50)/t26?,27?,29-,30-,32?,34?,36?/m0/s1. The molecule has 3 amide bonds. The molecule has 5 unspecified atom stereocenters. The van der Waals surface area contributed by atoms with Crippen molar-refractivity contribution in [3.05, 3.63) is 77.1 Å². The van der Waals surface area contributed by atoms with Gasteiger partial charge in [0.1, 0.15) is 0 Å². The zero-order valence-corrected chi connectivity index (χ0v) is 33.0. The van der Waals surface area contributed by atoms with Crippen molar-refractivity contribution in [2.75, 3.05) is 27.4 Å². The highest BCUT2D eigenvalue weighted by atomic mass is 16.5. The van der Waals surface area contributed by atoms with Crippen molar-refractivity contribution in [1.82, 2.24) is 15.1 Å². The van der Waals surface area contributed by atoms with Gasteiger partial charge in [0.25, 0.3) is 5.91 Å². The summed E-state index contributed by atoms with van der Waals surface area (Å²) in [5, 5.41) is 3.06. The molecule has 1 aromatic rings. The number of rotatable bonds is 11. The van der Waals surface area contributed by atoms with Crippen molar-refractivity contribution in [2.45, 2.75) is 96.3 Å². The Kier molecular flexibility index (Phi) is 10.4. The first-order chi connectivity index (χ1) is 27.0. The van der Waals surface area contributed by atoms with Crippen LogP contribution in [-0.4, -0.2) is 91.6 Å². The molecule has 0 spiro atoms. The lowest BCUT2D eigenvalue weighted by molar-refractivity contribution is -0.135. The first kappa shape index (κ1) is 37.8. The molecular formula is C44H53N5O7. The van der Waals surface area contributed by atoms with Gasteiger partial charge in [-0.2, -0.15) is 0 Å². The molecule has 296 valence electrons. The van der Waals surface area contributed by atoms with E-state index in [2.05, 4.69) is 38.2 Å². The van der Waals surface area contributed by atoms with Crippen LogP contribution in [0, 0.1) is 23.2 Å². The van der Waals surface area contributed by atoms with E-state index in [0.29, 0.717) is 66.2 Å². The van der Waals surface area contributed by atoms with Gasteiger partial charge in [-0.05, 0) is 68.2 Å². The number of amides is 3. The summed E-state index contributed by atoms with van der Waals surface area (Å²) >= 11 is 0. The van der Waals surface area contributed by atoms with Crippen molar-refractivity contribution in [3.63, 3.8) is 0 Å². The fourth-order valence-corrected chi connectivity index (χ4v) is 9.05. The average molecular weight is 764 g/mol. The normalized spacial score (nSPS) is 28.6. The minimum absolute atomic E-state index is 0.00430. The second-order valence-electron chi connectivity index (χ2n) is 17.0. The Morgan fingerprint density at radius 2 is 1.80 bits per heavy atom. The summed E-state index contributed by atoms with van der Waals surface area (Å²) in [5.41, 5.74) is 3.10. The Morgan fingerprint density at radius 1 is 0.964 bits per heavy atom. The zero-order valence-electron chi connectivity index (χ0n) is 33.0. The third-order valence-corrected chi connectivity index (χ3v) is 11.9. The molecule has 8 rings (SSSR count). The number of nitrogens with one attached hydrogen (secondary N) is 1. The third-order valence-electron chi connectivity index (χ3n) is 11.9. The number of methoxy groups -OCH3 is 2. The van der Waals surface area contributed by atoms with Gasteiger partial charge in [-0.25, -0.2) is 0 Å². The van der Waals surface area contributed by atoms with Gasteiger partial charge in [-0.3, -0.25) is 24.4 Å². The number of fused-ring (bicyclic) bond motifs is 8. The van der Waals surface area contributed by atoms with Crippen LogP contribution in [0.1, 0.15) is 82.5 Å². The van der Waals surface area contributed by atoms with E-state index >= 15 is 0 Å². The van der Waals surface area contributed by atoms with Crippen LogP contribution < -0.4 is 14.8 Å². The third kappa shape index (κ3) is 7.42. The van der Waals surface area contributed by atoms with Gasteiger partial charge in [0.2, 0.25) is 11.8 Å². The fourth-order valence-electron chi connectivity index (χ4n) is 9.05. The summed E-state index contributed by atoms with van der Waals surface area (Å²) in [6.45, 7) is 7.06. The smallest absolute Gasteiger partial charge is 0.260 e. The maximum atomic E-state index is 14.1. The maximum Gasteiger partial charge on any atom is 0.260 e. The van der Waals surface area contributed by atoms with Crippen molar-refractivity contribution in [3.8, 4) is 11.5 Å². The molecule has 12 heteroatoms. The van der Waals surface area contributed by atoms with Gasteiger partial charge < -0.3 is 34.1 Å². The molecule has 2 fully saturated rings. The number of nitrogens with zero attached hydrogens (tertiary/aromatic N) is 4. The predicted molar refractivity (Wildman–Crippen MR) is 213 cm³/mol. The van der Waals surface area contributed by atoms with E-state index < -0.39 is 12.0 Å². The molecule has 7 aliphatic rings. The Morgan fingerprint density at radius 3 is 2.61 bits per heavy atom. The summed E-state index contributed by atoms with van der Waals surface area (Å²) in [7, 11) is 3.14. The summed E-state index contributed by atoms with van der Waals surface area (Å²) in [6.07, 6.45) is 22.5. The zero-order chi connectivity index (χ0) is 39.1. The van der Waals surface area contributed by atoms with Crippen molar-refractivity contribution >= 4 is 35.8 Å². The molecule has 0 bridgehead atoms. The summed E-state index contributed by atoms with van der Waals surface area (Å²) in [6, 6.07) is 2.81. The summed E-state index contributed by atoms with van der Waals surface area (Å²) < 4.78 is 23.7. The van der Waals surface area contributed by atoms with Gasteiger partial charge in [-0.1, -0.05) is 39.0 Å².